The third-order valence-corrected chi connectivity index (χ3v) is 4.11. The number of carbonyl (C=O) groups excluding carboxylic acids is 3. The van der Waals surface area contributed by atoms with Gasteiger partial charge in [0.05, 0.1) is 0 Å². The molecule has 1 rings (SSSR count). The predicted molar refractivity (Wildman–Crippen MR) is 99.9 cm³/mol. The van der Waals surface area contributed by atoms with Crippen LogP contribution in [0.25, 0.3) is 0 Å². The monoisotopic (exact) mass is 452 g/mol. The van der Waals surface area contributed by atoms with Gasteiger partial charge in [0.25, 0.3) is 0 Å². The molecule has 164 valence electrons. The fraction of sp³-hybridized carbons (Fsp3) is 0.471. The third-order valence-electron chi connectivity index (χ3n) is 3.91. The Morgan fingerprint density at radius 2 is 1.83 bits per heavy atom. The van der Waals surface area contributed by atoms with Crippen molar-refractivity contribution in [2.75, 3.05) is 13.7 Å². The van der Waals surface area contributed by atoms with Gasteiger partial charge in [0.15, 0.2) is 0 Å². The van der Waals surface area contributed by atoms with Crippen LogP contribution in [0.4, 0.5) is 4.79 Å². The van der Waals surface area contributed by atoms with Gasteiger partial charge in [-0.3, -0.25) is 0 Å². The first-order valence-corrected chi connectivity index (χ1v) is 9.21. The van der Waals surface area contributed by atoms with E-state index in [2.05, 4.69) is 35.2 Å². The molecule has 29 heavy (non-hydrogen) atoms. The predicted octanol–water partition coefficient (Wildman–Crippen LogP) is -1.03. The van der Waals surface area contributed by atoms with Crippen molar-refractivity contribution in [3.05, 3.63) is 29.8 Å². The van der Waals surface area contributed by atoms with E-state index in [-0.39, 0.29) is 18.6 Å². The summed E-state index contributed by atoms with van der Waals surface area (Å²) in [7, 11) is 1.21. The van der Waals surface area contributed by atoms with Crippen LogP contribution in [-0.2, 0) is 36.0 Å². The van der Waals surface area contributed by atoms with Crippen LogP contribution in [0.3, 0.4) is 0 Å². The number of benzene rings is 1. The number of amides is 3. The van der Waals surface area contributed by atoms with Gasteiger partial charge in [-0.1, -0.05) is 0 Å². The number of hydrogen-bond donors (Lipinski definition) is 6. The van der Waals surface area contributed by atoms with Crippen molar-refractivity contribution in [3.8, 4) is 5.75 Å². The molecule has 0 fully saturated rings. The summed E-state index contributed by atoms with van der Waals surface area (Å²) in [5.41, 5.74) is 11.5. The molecular weight excluding hydrogens is 427 g/mol. The van der Waals surface area contributed by atoms with E-state index in [0.29, 0.717) is 18.5 Å². The average Bonchev–Trinajstić information content (AvgIpc) is 2.70. The van der Waals surface area contributed by atoms with E-state index in [1.54, 1.807) is 12.1 Å². The molecule has 0 radical (unpaired) electrons. The third kappa shape index (κ3) is 9.57. The number of carbonyl (C=O) groups is 3. The molecule has 12 heteroatoms. The molecule has 0 saturated heterocycles. The Balaban J connectivity index is 2.83. The molecule has 0 aliphatic rings. The Morgan fingerprint density at radius 1 is 1.17 bits per heavy atom. The minimum atomic E-state index is -1.03. The molecule has 0 spiro atoms. The van der Waals surface area contributed by atoms with E-state index >= 15 is 0 Å². The zero-order valence-electron chi connectivity index (χ0n) is 15.9. The van der Waals surface area contributed by atoms with Crippen LogP contribution < -0.4 is 27.4 Å². The summed E-state index contributed by atoms with van der Waals surface area (Å²) in [4.78, 5) is 36.4. The fourth-order valence-electron chi connectivity index (χ4n) is 2.48. The number of hydrogen-bond acceptors (Lipinski definition) is 8. The molecule has 2 atom stereocenters. The number of nitrogens with two attached hydrogens (primary N) is 2. The molecule has 8 N–H and O–H groups in total. The van der Waals surface area contributed by atoms with Crippen LogP contribution in [-0.4, -0.2) is 55.0 Å². The van der Waals surface area contributed by atoms with Crippen molar-refractivity contribution in [1.29, 1.82) is 0 Å². The molecular formula is C17H26N6NiO5. The van der Waals surface area contributed by atoms with Gasteiger partial charge in [-0.2, -0.15) is 0 Å². The van der Waals surface area contributed by atoms with Crippen LogP contribution in [0.15, 0.2) is 28.3 Å². The summed E-state index contributed by atoms with van der Waals surface area (Å²) in [5.74, 6) is -1.16. The number of nitrogens with zero attached hydrogens (tertiary/aromatic N) is 1. The van der Waals surface area contributed by atoms with Crippen LogP contribution in [0, 0.1) is 0 Å². The topological polar surface area (TPSA) is 181 Å². The van der Waals surface area contributed by atoms with Crippen LogP contribution in [0.1, 0.15) is 18.4 Å². The standard InChI is InChI=1S/C17H26N6O5.Ni/c1-28-15(26)12(3-2-8-21-16(18)19)22-14(25)13(23-17(20)27)9-10-4-6-11(24)7-5-10;/h4-7,12-13,16,21,24H,2-3,8-9,18-19H2,1H3,(H,22,25)(H,23,27);. The van der Waals surface area contributed by atoms with Crippen LogP contribution >= 0.6 is 0 Å². The molecule has 11 nitrogen and oxygen atoms in total. The molecule has 0 bridgehead atoms. The van der Waals surface area contributed by atoms with E-state index in [9.17, 15) is 19.5 Å². The van der Waals surface area contributed by atoms with E-state index in [1.807, 2.05) is 0 Å². The van der Waals surface area contributed by atoms with Gasteiger partial charge in [-0.15, -0.1) is 0 Å². The van der Waals surface area contributed by atoms with Gasteiger partial charge in [0.2, 0.25) is 0 Å². The van der Waals surface area contributed by atoms with Gasteiger partial charge in [0, 0.05) is 0 Å². The molecule has 0 aromatic heterocycles. The molecule has 3 amide bonds. The number of urea groups is 1. The Kier molecular flexibility index (Phi) is 11.0. The van der Waals surface area contributed by atoms with Crippen LogP contribution in [0.5, 0.6) is 5.75 Å². The summed E-state index contributed by atoms with van der Waals surface area (Å²) >= 11 is 4.04. The first-order chi connectivity index (χ1) is 13.8. The number of methoxy groups -OCH3 is 1. The van der Waals surface area contributed by atoms with Crippen molar-refractivity contribution in [3.63, 3.8) is 0 Å². The normalized spacial score (nSPS) is 12.8. The van der Waals surface area contributed by atoms with Crippen molar-refractivity contribution in [2.45, 2.75) is 37.6 Å². The number of phenolic OH excluding ortho intramolecular Hbond substituents is 1. The molecule has 0 aliphatic carbocycles. The second-order valence-corrected chi connectivity index (χ2v) is 6.37. The van der Waals surface area contributed by atoms with Gasteiger partial charge < -0.3 is 11.5 Å². The van der Waals surface area contributed by atoms with E-state index in [1.165, 1.54) is 19.2 Å². The maximum absolute atomic E-state index is 12.7. The quantitative estimate of drug-likeness (QED) is 0.106. The summed E-state index contributed by atoms with van der Waals surface area (Å²) in [6.07, 6.45) is 0.175. The molecule has 1 aromatic carbocycles. The van der Waals surface area contributed by atoms with E-state index in [0.717, 1.165) is 0 Å². The zero-order chi connectivity index (χ0) is 21.8. The van der Waals surface area contributed by atoms with Crippen molar-refractivity contribution in [2.24, 2.45) is 15.5 Å². The van der Waals surface area contributed by atoms with Crippen LogP contribution in [0.2, 0.25) is 0 Å². The van der Waals surface area contributed by atoms with Crippen molar-refractivity contribution in [1.82, 2.24) is 16.0 Å². The zero-order valence-corrected chi connectivity index (χ0v) is 16.9. The van der Waals surface area contributed by atoms with Crippen molar-refractivity contribution >= 4 is 17.9 Å². The first-order valence-electron chi connectivity index (χ1n) is 8.77. The van der Waals surface area contributed by atoms with E-state index in [4.69, 9.17) is 16.2 Å². The molecule has 0 heterocycles. The Hall–Kier alpha value is -2.40. The SMILES string of the molecule is COC(=O)C(CCCNC(N)N)NC(=O)C(Cc1ccc(O)cc1)NC(=O)[N]=[Ni]. The molecule has 0 aliphatic heterocycles. The molecule has 2 unspecified atom stereocenters. The second kappa shape index (κ2) is 12.9. The Labute approximate surface area is 176 Å². The van der Waals surface area contributed by atoms with Gasteiger partial charge in [-0.25, -0.2) is 0 Å². The number of aromatic hydroxyl groups is 1. The molecule has 1 aromatic rings. The summed E-state index contributed by atoms with van der Waals surface area (Å²) in [6.45, 7) is 0.435. The summed E-state index contributed by atoms with van der Waals surface area (Å²) in [5, 5.41) is 17.2. The van der Waals surface area contributed by atoms with Crippen molar-refractivity contribution < 1.29 is 39.5 Å². The Bertz CT molecular complexity index is 700. The number of esters is 1. The minimum absolute atomic E-state index is 0.0673. The summed E-state index contributed by atoms with van der Waals surface area (Å²) in [6, 6.07) is 3.33. The number of phenols is 1. The first kappa shape index (κ1) is 24.6. The second-order valence-electron chi connectivity index (χ2n) is 6.15. The van der Waals surface area contributed by atoms with Gasteiger partial charge >= 0.3 is 164 Å². The van der Waals surface area contributed by atoms with Gasteiger partial charge in [-0.05, 0) is 0 Å². The van der Waals surface area contributed by atoms with Gasteiger partial charge in [0.1, 0.15) is 0 Å². The summed E-state index contributed by atoms with van der Waals surface area (Å²) < 4.78 is 7.84. The number of ether oxygens (including phenoxy) is 1. The molecule has 0 saturated carbocycles. The average molecular weight is 453 g/mol. The number of nitrogens with one attached hydrogen (secondary N) is 3. The van der Waals surface area contributed by atoms with E-state index < -0.39 is 36.3 Å². The maximum atomic E-state index is 12.7. The fourth-order valence-corrected chi connectivity index (χ4v) is 2.55. The number of rotatable bonds is 11. The Morgan fingerprint density at radius 3 is 2.38 bits per heavy atom.